The maximum atomic E-state index is 11.3. The summed E-state index contributed by atoms with van der Waals surface area (Å²) in [5.74, 6) is 0.479. The molecule has 0 spiro atoms. The molecule has 3 nitrogen and oxygen atoms in total. The minimum Gasteiger partial charge on any atom is -0.493 e. The van der Waals surface area contributed by atoms with Crippen LogP contribution >= 0.6 is 15.9 Å². The Labute approximate surface area is 116 Å². The molecule has 0 amide bonds. The topological polar surface area (TPSA) is 35.5 Å². The van der Waals surface area contributed by atoms with E-state index in [-0.39, 0.29) is 5.97 Å². The molecular weight excluding hydrogens is 296 g/mol. The summed E-state index contributed by atoms with van der Waals surface area (Å²) in [6, 6.07) is 7.07. The summed E-state index contributed by atoms with van der Waals surface area (Å²) >= 11 is 3.56. The van der Waals surface area contributed by atoms with E-state index in [9.17, 15) is 4.79 Å². The van der Waals surface area contributed by atoms with Gasteiger partial charge in [-0.1, -0.05) is 22.4 Å². The van der Waals surface area contributed by atoms with Gasteiger partial charge in [0.25, 0.3) is 0 Å². The first-order valence-corrected chi connectivity index (χ1v) is 7.18. The molecular formula is C14H17BrO3. The highest BCUT2D eigenvalue weighted by Crippen LogP contribution is 2.42. The lowest BCUT2D eigenvalue weighted by Gasteiger charge is -2.39. The summed E-state index contributed by atoms with van der Waals surface area (Å²) < 4.78 is 10.4. The molecule has 18 heavy (non-hydrogen) atoms. The summed E-state index contributed by atoms with van der Waals surface area (Å²) in [6.45, 7) is 0.732. The second-order valence-electron chi connectivity index (χ2n) is 4.79. The van der Waals surface area contributed by atoms with E-state index in [0.29, 0.717) is 11.0 Å². The number of alkyl halides is 1. The number of esters is 1. The van der Waals surface area contributed by atoms with Crippen LogP contribution < -0.4 is 4.74 Å². The second-order valence-corrected chi connectivity index (χ2v) is 5.35. The third kappa shape index (κ3) is 2.86. The third-order valence-corrected chi connectivity index (χ3v) is 4.71. The number of rotatable bonds is 5. The highest BCUT2D eigenvalue weighted by atomic mass is 79.9. The molecule has 0 bridgehead atoms. The lowest BCUT2D eigenvalue weighted by Crippen LogP contribution is -2.37. The van der Waals surface area contributed by atoms with Gasteiger partial charge in [0.2, 0.25) is 0 Å². The van der Waals surface area contributed by atoms with Crippen molar-refractivity contribution in [3.05, 3.63) is 29.8 Å². The van der Waals surface area contributed by atoms with E-state index < -0.39 is 0 Å². The van der Waals surface area contributed by atoms with Crippen LogP contribution in [0.5, 0.6) is 5.75 Å². The van der Waals surface area contributed by atoms with Gasteiger partial charge in [0.05, 0.1) is 19.3 Å². The van der Waals surface area contributed by atoms with Gasteiger partial charge in [0.15, 0.2) is 0 Å². The third-order valence-electron chi connectivity index (χ3n) is 3.52. The Bertz CT molecular complexity index is 404. The van der Waals surface area contributed by atoms with Crippen molar-refractivity contribution >= 4 is 21.9 Å². The summed E-state index contributed by atoms with van der Waals surface area (Å²) in [5, 5.41) is 0.986. The number of benzene rings is 1. The molecule has 0 N–H and O–H groups in total. The molecule has 1 aromatic carbocycles. The number of halogens is 1. The van der Waals surface area contributed by atoms with Crippen molar-refractivity contribution < 1.29 is 14.3 Å². The maximum Gasteiger partial charge on any atom is 0.337 e. The predicted molar refractivity (Wildman–Crippen MR) is 73.4 cm³/mol. The Morgan fingerprint density at radius 3 is 2.44 bits per heavy atom. The average Bonchev–Trinajstić information content (AvgIpc) is 2.38. The minimum atomic E-state index is -0.322. The highest BCUT2D eigenvalue weighted by molar-refractivity contribution is 9.09. The first-order valence-electron chi connectivity index (χ1n) is 6.06. The van der Waals surface area contributed by atoms with Crippen molar-refractivity contribution in [3.63, 3.8) is 0 Å². The number of carbonyl (C=O) groups excluding carboxylic acids is 1. The largest absolute Gasteiger partial charge is 0.493 e. The van der Waals surface area contributed by atoms with Crippen LogP contribution in [0, 0.1) is 5.41 Å². The average molecular weight is 313 g/mol. The van der Waals surface area contributed by atoms with Crippen LogP contribution in [0.2, 0.25) is 0 Å². The van der Waals surface area contributed by atoms with Gasteiger partial charge < -0.3 is 9.47 Å². The van der Waals surface area contributed by atoms with Gasteiger partial charge in [0, 0.05) is 10.7 Å². The second kappa shape index (κ2) is 5.74. The summed E-state index contributed by atoms with van der Waals surface area (Å²) in [4.78, 5) is 11.3. The first kappa shape index (κ1) is 13.4. The van der Waals surface area contributed by atoms with Crippen LogP contribution in [-0.2, 0) is 4.74 Å². The Morgan fingerprint density at radius 2 is 2.00 bits per heavy atom. The molecule has 1 aliphatic carbocycles. The number of hydrogen-bond donors (Lipinski definition) is 0. The molecule has 0 aliphatic heterocycles. The maximum absolute atomic E-state index is 11.3. The molecule has 4 heteroatoms. The zero-order chi connectivity index (χ0) is 13.0. The van der Waals surface area contributed by atoms with Crippen LogP contribution in [0.25, 0.3) is 0 Å². The molecule has 0 aromatic heterocycles. The molecule has 0 unspecified atom stereocenters. The van der Waals surface area contributed by atoms with Crippen LogP contribution in [0.15, 0.2) is 24.3 Å². The van der Waals surface area contributed by atoms with Gasteiger partial charge in [-0.05, 0) is 37.1 Å². The van der Waals surface area contributed by atoms with E-state index in [1.54, 1.807) is 12.1 Å². The predicted octanol–water partition coefficient (Wildman–Crippen LogP) is 3.42. The standard InChI is InChI=1S/C14H17BrO3/c1-17-13(16)11-3-5-12(6-4-11)18-10-14(9-15)7-2-8-14/h3-6H,2,7-10H2,1H3. The van der Waals surface area contributed by atoms with E-state index in [1.807, 2.05) is 12.1 Å². The summed E-state index contributed by atoms with van der Waals surface area (Å²) in [6.07, 6.45) is 3.73. The van der Waals surface area contributed by atoms with Crippen molar-refractivity contribution in [2.75, 3.05) is 19.0 Å². The Hall–Kier alpha value is -1.03. The van der Waals surface area contributed by atoms with Crippen LogP contribution in [0.1, 0.15) is 29.6 Å². The van der Waals surface area contributed by atoms with Gasteiger partial charge in [-0.2, -0.15) is 0 Å². The van der Waals surface area contributed by atoms with Crippen molar-refractivity contribution in [2.24, 2.45) is 5.41 Å². The lowest BCUT2D eigenvalue weighted by atomic mass is 9.71. The molecule has 1 saturated carbocycles. The SMILES string of the molecule is COC(=O)c1ccc(OCC2(CBr)CCC2)cc1. The van der Waals surface area contributed by atoms with Gasteiger partial charge in [0.1, 0.15) is 5.75 Å². The number of hydrogen-bond acceptors (Lipinski definition) is 3. The van der Waals surface area contributed by atoms with Gasteiger partial charge in [-0.15, -0.1) is 0 Å². The van der Waals surface area contributed by atoms with E-state index >= 15 is 0 Å². The van der Waals surface area contributed by atoms with E-state index in [2.05, 4.69) is 20.7 Å². The minimum absolute atomic E-state index is 0.307. The molecule has 2 rings (SSSR count). The smallest absolute Gasteiger partial charge is 0.337 e. The summed E-state index contributed by atoms with van der Waals surface area (Å²) in [7, 11) is 1.38. The van der Waals surface area contributed by atoms with Crippen molar-refractivity contribution in [3.8, 4) is 5.75 Å². The Kier molecular flexibility index (Phi) is 4.27. The number of methoxy groups -OCH3 is 1. The monoisotopic (exact) mass is 312 g/mol. The number of carbonyl (C=O) groups is 1. The molecule has 0 atom stereocenters. The molecule has 0 heterocycles. The van der Waals surface area contributed by atoms with E-state index in [0.717, 1.165) is 17.7 Å². The molecule has 0 saturated heterocycles. The fourth-order valence-electron chi connectivity index (χ4n) is 2.03. The van der Waals surface area contributed by atoms with Crippen molar-refractivity contribution in [1.29, 1.82) is 0 Å². The van der Waals surface area contributed by atoms with Crippen LogP contribution in [-0.4, -0.2) is 25.0 Å². The molecule has 1 aliphatic rings. The van der Waals surface area contributed by atoms with Crippen molar-refractivity contribution in [1.82, 2.24) is 0 Å². The summed E-state index contributed by atoms with van der Waals surface area (Å²) in [5.41, 5.74) is 0.852. The Balaban J connectivity index is 1.92. The molecule has 1 aromatic rings. The molecule has 0 radical (unpaired) electrons. The number of ether oxygens (including phenoxy) is 2. The normalized spacial score (nSPS) is 16.8. The zero-order valence-electron chi connectivity index (χ0n) is 10.4. The van der Waals surface area contributed by atoms with E-state index in [4.69, 9.17) is 4.74 Å². The fraction of sp³-hybridized carbons (Fsp3) is 0.500. The van der Waals surface area contributed by atoms with Crippen LogP contribution in [0.4, 0.5) is 0 Å². The van der Waals surface area contributed by atoms with Crippen LogP contribution in [0.3, 0.4) is 0 Å². The van der Waals surface area contributed by atoms with Gasteiger partial charge in [-0.25, -0.2) is 4.79 Å². The lowest BCUT2D eigenvalue weighted by molar-refractivity contribution is 0.0600. The highest BCUT2D eigenvalue weighted by Gasteiger charge is 2.36. The van der Waals surface area contributed by atoms with E-state index in [1.165, 1.54) is 26.4 Å². The molecule has 1 fully saturated rings. The van der Waals surface area contributed by atoms with Gasteiger partial charge >= 0.3 is 5.97 Å². The fourth-order valence-corrected chi connectivity index (χ4v) is 2.76. The van der Waals surface area contributed by atoms with Crippen molar-refractivity contribution in [2.45, 2.75) is 19.3 Å². The quantitative estimate of drug-likeness (QED) is 0.617. The zero-order valence-corrected chi connectivity index (χ0v) is 12.0. The van der Waals surface area contributed by atoms with Gasteiger partial charge in [-0.3, -0.25) is 0 Å². The first-order chi connectivity index (χ1) is 8.69. The molecule has 98 valence electrons. The Morgan fingerprint density at radius 1 is 1.33 bits per heavy atom.